The van der Waals surface area contributed by atoms with E-state index in [1.165, 1.54) is 16.4 Å². The SMILES string of the molecule is CC1CCCCN1S(=O)(=O)Nc1ccc(CN)cc1F. The molecule has 0 saturated carbocycles. The summed E-state index contributed by atoms with van der Waals surface area (Å²) in [5.74, 6) is -0.610. The summed E-state index contributed by atoms with van der Waals surface area (Å²) in [6.07, 6.45) is 2.68. The Balaban J connectivity index is 2.19. The molecule has 1 unspecified atom stereocenters. The summed E-state index contributed by atoms with van der Waals surface area (Å²) in [4.78, 5) is 0. The molecule has 0 aromatic heterocycles. The summed E-state index contributed by atoms with van der Waals surface area (Å²) < 4.78 is 42.1. The molecule has 0 bridgehead atoms. The van der Waals surface area contributed by atoms with Gasteiger partial charge in [0.1, 0.15) is 5.82 Å². The minimum atomic E-state index is -3.72. The molecule has 0 aliphatic carbocycles. The number of nitrogens with zero attached hydrogens (tertiary/aromatic N) is 1. The first kappa shape index (κ1) is 15.2. The molecule has 2 rings (SSSR count). The smallest absolute Gasteiger partial charge is 0.301 e. The first-order valence-electron chi connectivity index (χ1n) is 6.72. The van der Waals surface area contributed by atoms with Crippen molar-refractivity contribution in [2.45, 2.75) is 38.8 Å². The van der Waals surface area contributed by atoms with Crippen LogP contribution in [0.4, 0.5) is 10.1 Å². The Morgan fingerprint density at radius 1 is 1.45 bits per heavy atom. The summed E-state index contributed by atoms with van der Waals surface area (Å²) >= 11 is 0. The average molecular weight is 301 g/mol. The van der Waals surface area contributed by atoms with Gasteiger partial charge in [-0.1, -0.05) is 12.5 Å². The van der Waals surface area contributed by atoms with Crippen molar-refractivity contribution < 1.29 is 12.8 Å². The number of halogens is 1. The van der Waals surface area contributed by atoms with Crippen molar-refractivity contribution >= 4 is 15.9 Å². The summed E-state index contributed by atoms with van der Waals surface area (Å²) in [5.41, 5.74) is 6.00. The molecular weight excluding hydrogens is 281 g/mol. The molecule has 1 atom stereocenters. The molecule has 0 spiro atoms. The van der Waals surface area contributed by atoms with Crippen LogP contribution in [0.1, 0.15) is 31.7 Å². The Morgan fingerprint density at radius 3 is 2.80 bits per heavy atom. The van der Waals surface area contributed by atoms with E-state index in [1.807, 2.05) is 6.92 Å². The lowest BCUT2D eigenvalue weighted by atomic mass is 10.1. The van der Waals surface area contributed by atoms with Gasteiger partial charge in [0.05, 0.1) is 5.69 Å². The summed E-state index contributed by atoms with van der Waals surface area (Å²) in [6.45, 7) is 2.55. The van der Waals surface area contributed by atoms with Gasteiger partial charge in [0.25, 0.3) is 0 Å². The highest BCUT2D eigenvalue weighted by atomic mass is 32.2. The van der Waals surface area contributed by atoms with Crippen molar-refractivity contribution in [3.63, 3.8) is 0 Å². The van der Waals surface area contributed by atoms with Crippen LogP contribution >= 0.6 is 0 Å². The zero-order valence-electron chi connectivity index (χ0n) is 11.5. The fourth-order valence-electron chi connectivity index (χ4n) is 2.39. The maximum Gasteiger partial charge on any atom is 0.301 e. The van der Waals surface area contributed by atoms with Gasteiger partial charge in [0.2, 0.25) is 0 Å². The molecule has 1 aliphatic rings. The van der Waals surface area contributed by atoms with E-state index in [9.17, 15) is 12.8 Å². The van der Waals surface area contributed by atoms with Gasteiger partial charge in [-0.05, 0) is 37.5 Å². The molecule has 1 aliphatic heterocycles. The van der Waals surface area contributed by atoms with Gasteiger partial charge < -0.3 is 5.73 Å². The summed E-state index contributed by atoms with van der Waals surface area (Å²) in [6, 6.07) is 4.20. The number of benzene rings is 1. The minimum absolute atomic E-state index is 0.0417. The van der Waals surface area contributed by atoms with Crippen molar-refractivity contribution in [3.8, 4) is 0 Å². The Morgan fingerprint density at radius 2 is 2.20 bits per heavy atom. The quantitative estimate of drug-likeness (QED) is 0.890. The molecule has 1 aromatic carbocycles. The first-order valence-corrected chi connectivity index (χ1v) is 8.16. The van der Waals surface area contributed by atoms with E-state index < -0.39 is 16.0 Å². The van der Waals surface area contributed by atoms with E-state index in [1.54, 1.807) is 6.07 Å². The largest absolute Gasteiger partial charge is 0.326 e. The lowest BCUT2D eigenvalue weighted by Crippen LogP contribution is -2.44. The zero-order valence-corrected chi connectivity index (χ0v) is 12.3. The fourth-order valence-corrected chi connectivity index (χ4v) is 3.90. The monoisotopic (exact) mass is 301 g/mol. The molecule has 7 heteroatoms. The van der Waals surface area contributed by atoms with E-state index in [0.717, 1.165) is 19.3 Å². The molecule has 0 amide bonds. The highest BCUT2D eigenvalue weighted by Gasteiger charge is 2.29. The third-order valence-corrected chi connectivity index (χ3v) is 5.20. The standard InChI is InChI=1S/C13H20FN3O2S/c1-10-4-2-3-7-17(10)20(18,19)16-13-6-5-11(9-15)8-12(13)14/h5-6,8,10,16H,2-4,7,9,15H2,1H3. The molecule has 112 valence electrons. The van der Waals surface area contributed by atoms with Gasteiger partial charge in [-0.2, -0.15) is 12.7 Å². The minimum Gasteiger partial charge on any atom is -0.326 e. The van der Waals surface area contributed by atoms with Crippen LogP contribution in [0.3, 0.4) is 0 Å². The second kappa shape index (κ2) is 6.07. The normalized spacial score (nSPS) is 20.9. The Kier molecular flexibility index (Phi) is 4.62. The number of nitrogens with two attached hydrogens (primary N) is 1. The van der Waals surface area contributed by atoms with E-state index in [-0.39, 0.29) is 18.3 Å². The Labute approximate surface area is 119 Å². The predicted octanol–water partition coefficient (Wildman–Crippen LogP) is 1.82. The highest BCUT2D eigenvalue weighted by Crippen LogP contribution is 2.23. The molecule has 1 aromatic rings. The van der Waals surface area contributed by atoms with Crippen molar-refractivity contribution in [2.24, 2.45) is 5.73 Å². The predicted molar refractivity (Wildman–Crippen MR) is 76.9 cm³/mol. The van der Waals surface area contributed by atoms with Crippen molar-refractivity contribution in [1.82, 2.24) is 4.31 Å². The molecule has 3 N–H and O–H groups in total. The van der Waals surface area contributed by atoms with Crippen molar-refractivity contribution in [1.29, 1.82) is 0 Å². The van der Waals surface area contributed by atoms with Crippen molar-refractivity contribution in [3.05, 3.63) is 29.6 Å². The van der Waals surface area contributed by atoms with Crippen LogP contribution in [-0.4, -0.2) is 25.3 Å². The van der Waals surface area contributed by atoms with Crippen LogP contribution < -0.4 is 10.5 Å². The zero-order chi connectivity index (χ0) is 14.8. The number of hydrogen-bond donors (Lipinski definition) is 2. The first-order chi connectivity index (χ1) is 9.44. The third kappa shape index (κ3) is 3.28. The second-order valence-corrected chi connectivity index (χ2v) is 6.70. The molecule has 5 nitrogen and oxygen atoms in total. The topological polar surface area (TPSA) is 75.4 Å². The van der Waals surface area contributed by atoms with Gasteiger partial charge in [-0.3, -0.25) is 4.72 Å². The van der Waals surface area contributed by atoms with Crippen LogP contribution in [-0.2, 0) is 16.8 Å². The lowest BCUT2D eigenvalue weighted by Gasteiger charge is -2.32. The Hall–Kier alpha value is -1.18. The molecule has 1 saturated heterocycles. The van der Waals surface area contributed by atoms with Gasteiger partial charge in [0.15, 0.2) is 0 Å². The summed E-state index contributed by atoms with van der Waals surface area (Å²) in [7, 11) is -3.72. The van der Waals surface area contributed by atoms with Gasteiger partial charge in [-0.15, -0.1) is 0 Å². The van der Waals surface area contributed by atoms with Gasteiger partial charge >= 0.3 is 10.2 Å². The van der Waals surface area contributed by atoms with Crippen LogP contribution in [0.15, 0.2) is 18.2 Å². The molecule has 20 heavy (non-hydrogen) atoms. The third-order valence-electron chi connectivity index (χ3n) is 3.56. The Bertz CT molecular complexity index is 577. The van der Waals surface area contributed by atoms with Crippen LogP contribution in [0.5, 0.6) is 0 Å². The molecule has 0 radical (unpaired) electrons. The van der Waals surface area contributed by atoms with E-state index in [4.69, 9.17) is 5.73 Å². The molecular formula is C13H20FN3O2S. The maximum atomic E-state index is 13.8. The summed E-state index contributed by atoms with van der Waals surface area (Å²) in [5, 5.41) is 0. The fraction of sp³-hybridized carbons (Fsp3) is 0.538. The second-order valence-electron chi connectivity index (χ2n) is 5.08. The van der Waals surface area contributed by atoms with E-state index in [0.29, 0.717) is 12.1 Å². The molecule has 1 fully saturated rings. The highest BCUT2D eigenvalue weighted by molar-refractivity contribution is 7.90. The van der Waals surface area contributed by atoms with E-state index >= 15 is 0 Å². The maximum absolute atomic E-state index is 13.8. The number of rotatable bonds is 4. The van der Waals surface area contributed by atoms with Crippen LogP contribution in [0.25, 0.3) is 0 Å². The molecule has 1 heterocycles. The number of piperidine rings is 1. The van der Waals surface area contributed by atoms with Crippen molar-refractivity contribution in [2.75, 3.05) is 11.3 Å². The number of anilines is 1. The van der Waals surface area contributed by atoms with Crippen LogP contribution in [0, 0.1) is 5.82 Å². The number of hydrogen-bond acceptors (Lipinski definition) is 3. The van der Waals surface area contributed by atoms with Gasteiger partial charge in [-0.25, -0.2) is 4.39 Å². The van der Waals surface area contributed by atoms with Crippen LogP contribution in [0.2, 0.25) is 0 Å². The van der Waals surface area contributed by atoms with E-state index in [2.05, 4.69) is 4.72 Å². The van der Waals surface area contributed by atoms with Gasteiger partial charge in [0, 0.05) is 19.1 Å². The number of nitrogens with one attached hydrogen (secondary N) is 1. The lowest BCUT2D eigenvalue weighted by molar-refractivity contribution is 0.270. The average Bonchev–Trinajstić information content (AvgIpc) is 2.41.